The highest BCUT2D eigenvalue weighted by Gasteiger charge is 2.27. The summed E-state index contributed by atoms with van der Waals surface area (Å²) in [5.41, 5.74) is 0. The molecule has 0 unspecified atom stereocenters. The molecule has 1 aliphatic rings. The van der Waals surface area contributed by atoms with Gasteiger partial charge < -0.3 is 9.80 Å². The van der Waals surface area contributed by atoms with Gasteiger partial charge >= 0.3 is 0 Å². The molecular weight excluding hydrogens is 274 g/mol. The zero-order valence-corrected chi connectivity index (χ0v) is 13.6. The Kier molecular flexibility index (Phi) is 5.02. The van der Waals surface area contributed by atoms with Gasteiger partial charge in [-0.25, -0.2) is 0 Å². The summed E-state index contributed by atoms with van der Waals surface area (Å²) in [6.07, 6.45) is 2.62. The van der Waals surface area contributed by atoms with E-state index in [-0.39, 0.29) is 5.28 Å². The van der Waals surface area contributed by atoms with E-state index in [1.807, 2.05) is 0 Å². The zero-order chi connectivity index (χ0) is 14.7. The van der Waals surface area contributed by atoms with Crippen molar-refractivity contribution < 1.29 is 0 Å². The summed E-state index contributed by atoms with van der Waals surface area (Å²) in [5, 5.41) is 0.276. The Morgan fingerprint density at radius 1 is 1.10 bits per heavy atom. The van der Waals surface area contributed by atoms with Gasteiger partial charge in [-0.15, -0.1) is 0 Å². The summed E-state index contributed by atoms with van der Waals surface area (Å²) in [7, 11) is 0. The minimum absolute atomic E-state index is 0.276. The average molecular weight is 298 g/mol. The third-order valence-corrected chi connectivity index (χ3v) is 3.83. The Bertz CT molecular complexity index is 443. The molecular formula is C14H24ClN5. The SMILES string of the molecule is CCN(CC)c1nc(Cl)nc(N(CC2CC2)C(C)C)n1. The van der Waals surface area contributed by atoms with Gasteiger partial charge in [-0.1, -0.05) is 0 Å². The largest absolute Gasteiger partial charge is 0.341 e. The molecule has 2 rings (SSSR count). The summed E-state index contributed by atoms with van der Waals surface area (Å²) in [6.45, 7) is 11.2. The Labute approximate surface area is 126 Å². The summed E-state index contributed by atoms with van der Waals surface area (Å²) < 4.78 is 0. The fraction of sp³-hybridized carbons (Fsp3) is 0.786. The van der Waals surface area contributed by atoms with Crippen molar-refractivity contribution in [1.29, 1.82) is 0 Å². The van der Waals surface area contributed by atoms with Crippen molar-refractivity contribution in [2.45, 2.75) is 46.6 Å². The molecule has 1 aromatic heterocycles. The molecule has 0 bridgehead atoms. The second-order valence-corrected chi connectivity index (χ2v) is 5.90. The van der Waals surface area contributed by atoms with E-state index in [1.165, 1.54) is 12.8 Å². The van der Waals surface area contributed by atoms with Gasteiger partial charge in [0, 0.05) is 25.7 Å². The van der Waals surface area contributed by atoms with Crippen LogP contribution < -0.4 is 9.80 Å². The van der Waals surface area contributed by atoms with Crippen molar-refractivity contribution in [2.75, 3.05) is 29.4 Å². The van der Waals surface area contributed by atoms with Gasteiger partial charge in [0.25, 0.3) is 0 Å². The van der Waals surface area contributed by atoms with Crippen LogP contribution in [0, 0.1) is 5.92 Å². The predicted octanol–water partition coefficient (Wildman–Crippen LogP) is 3.00. The highest BCUT2D eigenvalue weighted by atomic mass is 35.5. The zero-order valence-electron chi connectivity index (χ0n) is 12.8. The van der Waals surface area contributed by atoms with E-state index in [9.17, 15) is 0 Å². The van der Waals surface area contributed by atoms with Crippen LogP contribution in [0.5, 0.6) is 0 Å². The molecule has 1 aliphatic carbocycles. The van der Waals surface area contributed by atoms with Gasteiger partial charge in [0.15, 0.2) is 0 Å². The lowest BCUT2D eigenvalue weighted by Crippen LogP contribution is -2.35. The third-order valence-electron chi connectivity index (χ3n) is 3.66. The second-order valence-electron chi connectivity index (χ2n) is 5.57. The summed E-state index contributed by atoms with van der Waals surface area (Å²) in [4.78, 5) is 17.5. The van der Waals surface area contributed by atoms with E-state index >= 15 is 0 Å². The molecule has 1 aromatic rings. The summed E-state index contributed by atoms with van der Waals surface area (Å²) in [5.74, 6) is 2.16. The molecule has 6 heteroatoms. The Morgan fingerprint density at radius 3 is 2.20 bits per heavy atom. The first-order valence-electron chi connectivity index (χ1n) is 7.48. The number of aromatic nitrogens is 3. The third kappa shape index (κ3) is 3.72. The molecule has 112 valence electrons. The predicted molar refractivity (Wildman–Crippen MR) is 83.6 cm³/mol. The molecule has 1 fully saturated rings. The number of halogens is 1. The molecule has 5 nitrogen and oxygen atoms in total. The lowest BCUT2D eigenvalue weighted by molar-refractivity contribution is 0.624. The Morgan fingerprint density at radius 2 is 1.70 bits per heavy atom. The fourth-order valence-corrected chi connectivity index (χ4v) is 2.36. The highest BCUT2D eigenvalue weighted by molar-refractivity contribution is 6.28. The lowest BCUT2D eigenvalue weighted by Gasteiger charge is -2.28. The van der Waals surface area contributed by atoms with Crippen molar-refractivity contribution in [1.82, 2.24) is 15.0 Å². The number of hydrogen-bond acceptors (Lipinski definition) is 5. The van der Waals surface area contributed by atoms with Crippen molar-refractivity contribution in [3.05, 3.63) is 5.28 Å². The van der Waals surface area contributed by atoms with E-state index in [1.54, 1.807) is 0 Å². The van der Waals surface area contributed by atoms with E-state index in [0.29, 0.717) is 17.9 Å². The van der Waals surface area contributed by atoms with Gasteiger partial charge in [0.05, 0.1) is 0 Å². The quantitative estimate of drug-likeness (QED) is 0.774. The van der Waals surface area contributed by atoms with Crippen LogP contribution in [-0.4, -0.2) is 40.6 Å². The molecule has 0 atom stereocenters. The topological polar surface area (TPSA) is 45.2 Å². The van der Waals surface area contributed by atoms with Gasteiger partial charge in [0.1, 0.15) is 0 Å². The van der Waals surface area contributed by atoms with Crippen molar-refractivity contribution in [3.63, 3.8) is 0 Å². The summed E-state index contributed by atoms with van der Waals surface area (Å²) >= 11 is 6.09. The van der Waals surface area contributed by atoms with Crippen LogP contribution in [0.2, 0.25) is 5.28 Å². The number of nitrogens with zero attached hydrogens (tertiary/aromatic N) is 5. The Balaban J connectivity index is 2.28. The summed E-state index contributed by atoms with van der Waals surface area (Å²) in [6, 6.07) is 0.360. The smallest absolute Gasteiger partial charge is 0.231 e. The van der Waals surface area contributed by atoms with E-state index < -0.39 is 0 Å². The van der Waals surface area contributed by atoms with Crippen molar-refractivity contribution in [2.24, 2.45) is 5.92 Å². The number of hydrogen-bond donors (Lipinski definition) is 0. The van der Waals surface area contributed by atoms with Crippen LogP contribution in [0.3, 0.4) is 0 Å². The fourth-order valence-electron chi connectivity index (χ4n) is 2.21. The standard InChI is InChI=1S/C14H24ClN5/c1-5-19(6-2)13-16-12(15)17-14(18-13)20(10(3)4)9-11-7-8-11/h10-11H,5-9H2,1-4H3. The van der Waals surface area contributed by atoms with E-state index in [4.69, 9.17) is 11.6 Å². The molecule has 0 spiro atoms. The molecule has 0 aromatic carbocycles. The van der Waals surface area contributed by atoms with Gasteiger partial charge in [-0.2, -0.15) is 15.0 Å². The van der Waals surface area contributed by atoms with Gasteiger partial charge in [-0.3, -0.25) is 0 Å². The van der Waals surface area contributed by atoms with Gasteiger partial charge in [-0.05, 0) is 58.1 Å². The van der Waals surface area contributed by atoms with Gasteiger partial charge in [0.2, 0.25) is 17.2 Å². The van der Waals surface area contributed by atoms with Crippen LogP contribution in [0.25, 0.3) is 0 Å². The maximum Gasteiger partial charge on any atom is 0.231 e. The molecule has 0 radical (unpaired) electrons. The minimum atomic E-state index is 0.276. The van der Waals surface area contributed by atoms with E-state index in [2.05, 4.69) is 52.4 Å². The second kappa shape index (κ2) is 6.57. The first kappa shape index (κ1) is 15.3. The van der Waals surface area contributed by atoms with Crippen LogP contribution in [0.1, 0.15) is 40.5 Å². The number of anilines is 2. The molecule has 0 saturated heterocycles. The van der Waals surface area contributed by atoms with Crippen LogP contribution >= 0.6 is 11.6 Å². The normalized spacial score (nSPS) is 14.7. The van der Waals surface area contributed by atoms with Crippen LogP contribution in [-0.2, 0) is 0 Å². The Hall–Kier alpha value is -1.10. The molecule has 0 N–H and O–H groups in total. The maximum absolute atomic E-state index is 6.09. The van der Waals surface area contributed by atoms with Crippen LogP contribution in [0.4, 0.5) is 11.9 Å². The first-order valence-corrected chi connectivity index (χ1v) is 7.86. The monoisotopic (exact) mass is 297 g/mol. The molecule has 0 aliphatic heterocycles. The van der Waals surface area contributed by atoms with E-state index in [0.717, 1.165) is 25.6 Å². The molecule has 0 amide bonds. The highest BCUT2D eigenvalue weighted by Crippen LogP contribution is 2.31. The number of rotatable bonds is 7. The van der Waals surface area contributed by atoms with Crippen molar-refractivity contribution >= 4 is 23.5 Å². The average Bonchev–Trinajstić information content (AvgIpc) is 3.20. The maximum atomic E-state index is 6.09. The first-order chi connectivity index (χ1) is 9.55. The minimum Gasteiger partial charge on any atom is -0.341 e. The lowest BCUT2D eigenvalue weighted by atomic mass is 10.3. The molecule has 1 heterocycles. The molecule has 20 heavy (non-hydrogen) atoms. The van der Waals surface area contributed by atoms with Crippen LogP contribution in [0.15, 0.2) is 0 Å². The van der Waals surface area contributed by atoms with Crippen molar-refractivity contribution in [3.8, 4) is 0 Å². The molecule has 1 saturated carbocycles.